The molecule has 1 aromatic heterocycles. The fourth-order valence-corrected chi connectivity index (χ4v) is 6.01. The highest BCUT2D eigenvalue weighted by molar-refractivity contribution is 7.92. The fraction of sp³-hybridized carbons (Fsp3) is 0.143. The van der Waals surface area contributed by atoms with Crippen molar-refractivity contribution in [2.24, 2.45) is 5.10 Å². The number of hydrogen-bond acceptors (Lipinski definition) is 4. The Kier molecular flexibility index (Phi) is 8.26. The predicted molar refractivity (Wildman–Crippen MR) is 153 cm³/mol. The molecular weight excluding hydrogens is 543 g/mol. The third-order valence-electron chi connectivity index (χ3n) is 5.91. The standard InChI is InChI=1S/C28H26Cl2N4O3S/c1-19-9-11-27(12-10-19)38(36,37)33(25-7-5-4-6-8-25)18-28(35)32-31-17-22-13-20(2)34(21(22)3)26-15-23(29)14-24(30)16-26/h4-17H,18H2,1-3H3,(H,32,35)/b31-17+. The van der Waals surface area contributed by atoms with Crippen LogP contribution in [-0.4, -0.2) is 31.7 Å². The van der Waals surface area contributed by atoms with E-state index >= 15 is 0 Å². The zero-order valence-electron chi connectivity index (χ0n) is 21.0. The van der Waals surface area contributed by atoms with Crippen molar-refractivity contribution in [2.45, 2.75) is 25.7 Å². The molecule has 1 N–H and O–H groups in total. The van der Waals surface area contributed by atoms with Gasteiger partial charge in [-0.25, -0.2) is 13.8 Å². The van der Waals surface area contributed by atoms with Gasteiger partial charge in [0.2, 0.25) is 0 Å². The lowest BCUT2D eigenvalue weighted by molar-refractivity contribution is -0.119. The number of halogens is 2. The molecule has 3 aromatic carbocycles. The Hall–Kier alpha value is -3.59. The van der Waals surface area contributed by atoms with E-state index in [9.17, 15) is 13.2 Å². The van der Waals surface area contributed by atoms with E-state index in [0.29, 0.717) is 15.7 Å². The number of anilines is 1. The van der Waals surface area contributed by atoms with Crippen molar-refractivity contribution in [3.05, 3.63) is 111 Å². The van der Waals surface area contributed by atoms with Gasteiger partial charge in [-0.15, -0.1) is 0 Å². The van der Waals surface area contributed by atoms with Crippen molar-refractivity contribution in [3.8, 4) is 5.69 Å². The van der Waals surface area contributed by atoms with Crippen LogP contribution >= 0.6 is 23.2 Å². The van der Waals surface area contributed by atoms with Crippen LogP contribution in [0.1, 0.15) is 22.5 Å². The summed E-state index contributed by atoms with van der Waals surface area (Å²) < 4.78 is 29.9. The monoisotopic (exact) mass is 568 g/mol. The molecular formula is C28H26Cl2N4O3S. The predicted octanol–water partition coefficient (Wildman–Crippen LogP) is 6.05. The molecule has 0 aliphatic heterocycles. The highest BCUT2D eigenvalue weighted by Gasteiger charge is 2.27. The summed E-state index contributed by atoms with van der Waals surface area (Å²) in [5.74, 6) is -0.587. The molecule has 0 spiro atoms. The van der Waals surface area contributed by atoms with Crippen molar-refractivity contribution < 1.29 is 13.2 Å². The molecule has 1 amide bonds. The number of nitrogens with zero attached hydrogens (tertiary/aromatic N) is 3. The quantitative estimate of drug-likeness (QED) is 0.207. The lowest BCUT2D eigenvalue weighted by Gasteiger charge is -2.23. The van der Waals surface area contributed by atoms with Crippen molar-refractivity contribution >= 4 is 51.0 Å². The van der Waals surface area contributed by atoms with Crippen molar-refractivity contribution in [1.82, 2.24) is 9.99 Å². The van der Waals surface area contributed by atoms with Gasteiger partial charge in [0.25, 0.3) is 15.9 Å². The van der Waals surface area contributed by atoms with E-state index in [2.05, 4.69) is 10.5 Å². The number of carbonyl (C=O) groups is 1. The van der Waals surface area contributed by atoms with Gasteiger partial charge in [-0.3, -0.25) is 9.10 Å². The second-order valence-corrected chi connectivity index (χ2v) is 11.5. The maximum absolute atomic E-state index is 13.4. The van der Waals surface area contributed by atoms with Crippen LogP contribution < -0.4 is 9.73 Å². The summed E-state index contributed by atoms with van der Waals surface area (Å²) in [4.78, 5) is 12.9. The van der Waals surface area contributed by atoms with Gasteiger partial charge in [0.05, 0.1) is 16.8 Å². The molecule has 38 heavy (non-hydrogen) atoms. The fourth-order valence-electron chi connectivity index (χ4n) is 4.07. The van der Waals surface area contributed by atoms with Crippen LogP contribution in [0.25, 0.3) is 5.69 Å². The zero-order chi connectivity index (χ0) is 27.4. The average Bonchev–Trinajstić information content (AvgIpc) is 3.15. The first-order valence-corrected chi connectivity index (χ1v) is 13.9. The minimum atomic E-state index is -3.99. The van der Waals surface area contributed by atoms with Crippen LogP contribution in [0.5, 0.6) is 0 Å². The Bertz CT molecular complexity index is 1580. The number of hydrazone groups is 1. The molecule has 196 valence electrons. The summed E-state index contributed by atoms with van der Waals surface area (Å²) in [5, 5.41) is 5.13. The van der Waals surface area contributed by atoms with Gasteiger partial charge in [0.15, 0.2) is 0 Å². The second kappa shape index (κ2) is 11.4. The Morgan fingerprint density at radius 1 is 0.947 bits per heavy atom. The van der Waals surface area contributed by atoms with Crippen LogP contribution in [0.2, 0.25) is 10.0 Å². The molecule has 4 rings (SSSR count). The molecule has 0 atom stereocenters. The number of amides is 1. The third kappa shape index (κ3) is 6.10. The van der Waals surface area contributed by atoms with E-state index in [1.807, 2.05) is 43.5 Å². The smallest absolute Gasteiger partial charge is 0.264 e. The van der Waals surface area contributed by atoms with E-state index in [1.54, 1.807) is 48.5 Å². The molecule has 0 fully saturated rings. The maximum Gasteiger partial charge on any atom is 0.264 e. The number of aromatic nitrogens is 1. The summed E-state index contributed by atoms with van der Waals surface area (Å²) in [7, 11) is -3.99. The number of carbonyl (C=O) groups excluding carboxylic acids is 1. The van der Waals surface area contributed by atoms with Crippen LogP contribution in [0.4, 0.5) is 5.69 Å². The Labute approximate surface area is 232 Å². The largest absolute Gasteiger partial charge is 0.318 e. The normalized spacial score (nSPS) is 11.6. The van der Waals surface area contributed by atoms with Gasteiger partial charge in [-0.2, -0.15) is 5.10 Å². The lowest BCUT2D eigenvalue weighted by Crippen LogP contribution is -2.39. The Balaban J connectivity index is 1.54. The molecule has 0 unspecified atom stereocenters. The Morgan fingerprint density at radius 2 is 1.58 bits per heavy atom. The first kappa shape index (κ1) is 27.4. The van der Waals surface area contributed by atoms with E-state index in [-0.39, 0.29) is 4.90 Å². The minimum absolute atomic E-state index is 0.0943. The number of aryl methyl sites for hydroxylation is 2. The SMILES string of the molecule is Cc1ccc(S(=O)(=O)N(CC(=O)N/N=C/c2cc(C)n(-c3cc(Cl)cc(Cl)c3)c2C)c2ccccc2)cc1. The molecule has 1 heterocycles. The minimum Gasteiger partial charge on any atom is -0.318 e. The van der Waals surface area contributed by atoms with Gasteiger partial charge in [0, 0.05) is 32.7 Å². The first-order valence-electron chi connectivity index (χ1n) is 11.7. The van der Waals surface area contributed by atoms with Crippen molar-refractivity contribution in [2.75, 3.05) is 10.8 Å². The van der Waals surface area contributed by atoms with E-state index < -0.39 is 22.5 Å². The molecule has 0 bridgehead atoms. The molecule has 0 aliphatic rings. The second-order valence-electron chi connectivity index (χ2n) is 8.74. The van der Waals surface area contributed by atoms with Crippen LogP contribution in [0, 0.1) is 20.8 Å². The number of para-hydroxylation sites is 1. The Morgan fingerprint density at radius 3 is 2.21 bits per heavy atom. The van der Waals surface area contributed by atoms with Crippen LogP contribution in [0.15, 0.2) is 88.9 Å². The summed E-state index contributed by atoms with van der Waals surface area (Å²) in [5.41, 5.74) is 7.12. The number of sulfonamides is 1. The lowest BCUT2D eigenvalue weighted by atomic mass is 10.2. The molecule has 4 aromatic rings. The van der Waals surface area contributed by atoms with Crippen molar-refractivity contribution in [1.29, 1.82) is 0 Å². The number of rotatable bonds is 8. The van der Waals surface area contributed by atoms with E-state index in [4.69, 9.17) is 23.2 Å². The highest BCUT2D eigenvalue weighted by atomic mass is 35.5. The van der Waals surface area contributed by atoms with Gasteiger partial charge in [0.1, 0.15) is 6.54 Å². The molecule has 0 saturated carbocycles. The number of hydrogen-bond donors (Lipinski definition) is 1. The topological polar surface area (TPSA) is 83.8 Å². The van der Waals surface area contributed by atoms with Gasteiger partial charge in [-0.1, -0.05) is 59.1 Å². The molecule has 7 nitrogen and oxygen atoms in total. The van der Waals surface area contributed by atoms with Gasteiger partial charge >= 0.3 is 0 Å². The maximum atomic E-state index is 13.4. The van der Waals surface area contributed by atoms with E-state index in [1.165, 1.54) is 18.3 Å². The van der Waals surface area contributed by atoms with Gasteiger partial charge in [-0.05, 0) is 69.3 Å². The summed E-state index contributed by atoms with van der Waals surface area (Å²) in [6.07, 6.45) is 1.52. The first-order chi connectivity index (χ1) is 18.1. The van der Waals surface area contributed by atoms with Gasteiger partial charge < -0.3 is 4.57 Å². The summed E-state index contributed by atoms with van der Waals surface area (Å²) >= 11 is 12.4. The molecule has 10 heteroatoms. The third-order valence-corrected chi connectivity index (χ3v) is 8.13. The van der Waals surface area contributed by atoms with Crippen molar-refractivity contribution in [3.63, 3.8) is 0 Å². The van der Waals surface area contributed by atoms with Crippen LogP contribution in [-0.2, 0) is 14.8 Å². The number of nitrogens with one attached hydrogen (secondary N) is 1. The highest BCUT2D eigenvalue weighted by Crippen LogP contribution is 2.26. The molecule has 0 saturated heterocycles. The summed E-state index contributed by atoms with van der Waals surface area (Å²) in [6, 6.07) is 22.2. The number of benzene rings is 3. The van der Waals surface area contributed by atoms with Crippen LogP contribution in [0.3, 0.4) is 0 Å². The average molecular weight is 570 g/mol. The van der Waals surface area contributed by atoms with E-state index in [0.717, 1.165) is 32.5 Å². The molecule has 0 aliphatic carbocycles. The summed E-state index contributed by atoms with van der Waals surface area (Å²) in [6.45, 7) is 5.28. The zero-order valence-corrected chi connectivity index (χ0v) is 23.3. The molecule has 0 radical (unpaired) electrons.